The lowest BCUT2D eigenvalue weighted by molar-refractivity contribution is 0.0952. The van der Waals surface area contributed by atoms with Crippen molar-refractivity contribution in [1.29, 1.82) is 0 Å². The molecule has 5 nitrogen and oxygen atoms in total. The van der Waals surface area contributed by atoms with Crippen LogP contribution >= 0.6 is 0 Å². The number of nitrogens with zero attached hydrogens (tertiary/aromatic N) is 2. The van der Waals surface area contributed by atoms with Crippen LogP contribution in [0, 0.1) is 6.92 Å². The summed E-state index contributed by atoms with van der Waals surface area (Å²) in [5, 5.41) is 10.0. The monoisotopic (exact) mass is 258 g/mol. The Balaban J connectivity index is 1.97. The van der Waals surface area contributed by atoms with Crippen LogP contribution < -0.4 is 10.6 Å². The molecule has 0 saturated heterocycles. The third-order valence-corrected chi connectivity index (χ3v) is 2.87. The van der Waals surface area contributed by atoms with Crippen LogP contribution in [0.5, 0.6) is 0 Å². The second kappa shape index (κ2) is 6.04. The number of aromatic nitrogens is 2. The van der Waals surface area contributed by atoms with E-state index in [4.69, 9.17) is 0 Å². The maximum Gasteiger partial charge on any atom is 0.253 e. The van der Waals surface area contributed by atoms with Crippen molar-refractivity contribution in [2.45, 2.75) is 13.5 Å². The Morgan fingerprint density at radius 1 is 1.42 bits per heavy atom. The molecule has 0 aliphatic heterocycles. The number of carbonyl (C=O) groups excluding carboxylic acids is 1. The molecule has 1 amide bonds. The van der Waals surface area contributed by atoms with Crippen LogP contribution in [-0.4, -0.2) is 29.3 Å². The molecular weight excluding hydrogens is 240 g/mol. The van der Waals surface area contributed by atoms with Gasteiger partial charge in [0.1, 0.15) is 0 Å². The number of anilines is 1. The van der Waals surface area contributed by atoms with Crippen LogP contribution in [0.25, 0.3) is 0 Å². The van der Waals surface area contributed by atoms with Crippen molar-refractivity contribution < 1.29 is 4.79 Å². The van der Waals surface area contributed by atoms with Gasteiger partial charge in [0.2, 0.25) is 0 Å². The highest BCUT2D eigenvalue weighted by atomic mass is 16.1. The van der Waals surface area contributed by atoms with Crippen molar-refractivity contribution in [1.82, 2.24) is 15.1 Å². The van der Waals surface area contributed by atoms with Crippen molar-refractivity contribution in [2.24, 2.45) is 0 Å². The molecule has 1 aromatic heterocycles. The zero-order valence-electron chi connectivity index (χ0n) is 11.2. The predicted octanol–water partition coefficient (Wildman–Crippen LogP) is 1.66. The Bertz CT molecular complexity index is 549. The number of carbonyl (C=O) groups is 1. The third kappa shape index (κ3) is 3.34. The van der Waals surface area contributed by atoms with E-state index in [9.17, 15) is 4.79 Å². The number of hydrogen-bond donors (Lipinski definition) is 2. The van der Waals surface area contributed by atoms with Gasteiger partial charge in [-0.05, 0) is 25.1 Å². The highest BCUT2D eigenvalue weighted by Gasteiger charge is 2.10. The number of hydrogen-bond acceptors (Lipinski definition) is 3. The largest absolute Gasteiger partial charge is 0.387 e. The summed E-state index contributed by atoms with van der Waals surface area (Å²) >= 11 is 0. The van der Waals surface area contributed by atoms with E-state index in [0.29, 0.717) is 18.7 Å². The second-order valence-electron chi connectivity index (χ2n) is 4.32. The first-order chi connectivity index (χ1) is 9.20. The molecule has 0 atom stereocenters. The molecular formula is C14H18N4O. The molecule has 0 aliphatic carbocycles. The summed E-state index contributed by atoms with van der Waals surface area (Å²) < 4.78 is 1.79. The van der Waals surface area contributed by atoms with E-state index >= 15 is 0 Å². The summed E-state index contributed by atoms with van der Waals surface area (Å²) in [6, 6.07) is 7.64. The van der Waals surface area contributed by atoms with Gasteiger partial charge in [-0.3, -0.25) is 9.48 Å². The first-order valence-electron chi connectivity index (χ1n) is 6.25. The Hall–Kier alpha value is -2.30. The standard InChI is InChI=1S/C14H18N4O/c1-11-4-5-13(15-2)12(10-11)14(19)16-7-9-18-8-3-6-17-18/h3-6,8,10,15H,7,9H2,1-2H3,(H,16,19). The number of nitrogens with one attached hydrogen (secondary N) is 2. The molecule has 19 heavy (non-hydrogen) atoms. The third-order valence-electron chi connectivity index (χ3n) is 2.87. The van der Waals surface area contributed by atoms with Gasteiger partial charge in [0, 0.05) is 31.7 Å². The predicted molar refractivity (Wildman–Crippen MR) is 75.3 cm³/mol. The van der Waals surface area contributed by atoms with Gasteiger partial charge in [-0.15, -0.1) is 0 Å². The van der Waals surface area contributed by atoms with Crippen LogP contribution in [0.4, 0.5) is 5.69 Å². The number of rotatable bonds is 5. The fraction of sp³-hybridized carbons (Fsp3) is 0.286. The van der Waals surface area contributed by atoms with Gasteiger partial charge in [-0.25, -0.2) is 0 Å². The first-order valence-corrected chi connectivity index (χ1v) is 6.25. The Labute approximate surface area is 112 Å². The van der Waals surface area contributed by atoms with Crippen LogP contribution in [0.15, 0.2) is 36.7 Å². The van der Waals surface area contributed by atoms with Gasteiger partial charge in [-0.1, -0.05) is 11.6 Å². The molecule has 0 radical (unpaired) electrons. The quantitative estimate of drug-likeness (QED) is 0.857. The van der Waals surface area contributed by atoms with Crippen molar-refractivity contribution in [3.05, 3.63) is 47.8 Å². The highest BCUT2D eigenvalue weighted by molar-refractivity contribution is 5.99. The van der Waals surface area contributed by atoms with E-state index in [1.807, 2.05) is 44.4 Å². The summed E-state index contributed by atoms with van der Waals surface area (Å²) in [5.41, 5.74) is 2.57. The summed E-state index contributed by atoms with van der Waals surface area (Å²) in [4.78, 5) is 12.1. The van der Waals surface area contributed by atoms with Gasteiger partial charge in [0.25, 0.3) is 5.91 Å². The van der Waals surface area contributed by atoms with Crippen molar-refractivity contribution in [3.63, 3.8) is 0 Å². The van der Waals surface area contributed by atoms with E-state index in [1.54, 1.807) is 10.9 Å². The zero-order valence-corrected chi connectivity index (χ0v) is 11.2. The van der Waals surface area contributed by atoms with E-state index < -0.39 is 0 Å². The van der Waals surface area contributed by atoms with E-state index in [0.717, 1.165) is 11.3 Å². The Morgan fingerprint density at radius 2 is 2.26 bits per heavy atom. The number of aryl methyl sites for hydroxylation is 1. The van der Waals surface area contributed by atoms with Gasteiger partial charge >= 0.3 is 0 Å². The fourth-order valence-corrected chi connectivity index (χ4v) is 1.88. The molecule has 0 saturated carbocycles. The molecule has 5 heteroatoms. The lowest BCUT2D eigenvalue weighted by atomic mass is 10.1. The van der Waals surface area contributed by atoms with Crippen molar-refractivity contribution in [2.75, 3.05) is 18.9 Å². The SMILES string of the molecule is CNc1ccc(C)cc1C(=O)NCCn1cccn1. The molecule has 100 valence electrons. The zero-order chi connectivity index (χ0) is 13.7. The van der Waals surface area contributed by atoms with Crippen LogP contribution in [0.3, 0.4) is 0 Å². The normalized spacial score (nSPS) is 10.2. The van der Waals surface area contributed by atoms with E-state index in [2.05, 4.69) is 15.7 Å². The van der Waals surface area contributed by atoms with Crippen LogP contribution in [-0.2, 0) is 6.54 Å². The van der Waals surface area contributed by atoms with Crippen LogP contribution in [0.1, 0.15) is 15.9 Å². The van der Waals surface area contributed by atoms with Gasteiger partial charge in [-0.2, -0.15) is 5.10 Å². The first kappa shape index (κ1) is 13.1. The lowest BCUT2D eigenvalue weighted by Gasteiger charge is -2.10. The Kier molecular flexibility index (Phi) is 4.18. The van der Waals surface area contributed by atoms with Gasteiger partial charge < -0.3 is 10.6 Å². The topological polar surface area (TPSA) is 59.0 Å². The molecule has 0 unspecified atom stereocenters. The number of benzene rings is 1. The average Bonchev–Trinajstić information content (AvgIpc) is 2.91. The van der Waals surface area contributed by atoms with Crippen molar-refractivity contribution >= 4 is 11.6 Å². The lowest BCUT2D eigenvalue weighted by Crippen LogP contribution is -2.28. The molecule has 1 aromatic carbocycles. The minimum absolute atomic E-state index is 0.0693. The highest BCUT2D eigenvalue weighted by Crippen LogP contribution is 2.16. The molecule has 0 aliphatic rings. The molecule has 2 rings (SSSR count). The van der Waals surface area contributed by atoms with E-state index in [-0.39, 0.29) is 5.91 Å². The molecule has 0 fully saturated rings. The second-order valence-corrected chi connectivity index (χ2v) is 4.32. The molecule has 1 heterocycles. The summed E-state index contributed by atoms with van der Waals surface area (Å²) in [6.45, 7) is 3.19. The molecule has 0 bridgehead atoms. The van der Waals surface area contributed by atoms with Crippen molar-refractivity contribution in [3.8, 4) is 0 Å². The fourth-order valence-electron chi connectivity index (χ4n) is 1.88. The summed E-state index contributed by atoms with van der Waals surface area (Å²) in [5.74, 6) is -0.0693. The summed E-state index contributed by atoms with van der Waals surface area (Å²) in [7, 11) is 1.81. The van der Waals surface area contributed by atoms with Gasteiger partial charge in [0.15, 0.2) is 0 Å². The van der Waals surface area contributed by atoms with E-state index in [1.165, 1.54) is 0 Å². The molecule has 2 N–H and O–H groups in total. The average molecular weight is 258 g/mol. The molecule has 0 spiro atoms. The summed E-state index contributed by atoms with van der Waals surface area (Å²) in [6.07, 6.45) is 3.60. The maximum atomic E-state index is 12.1. The Morgan fingerprint density at radius 3 is 2.95 bits per heavy atom. The van der Waals surface area contributed by atoms with Gasteiger partial charge in [0.05, 0.1) is 12.1 Å². The maximum absolute atomic E-state index is 12.1. The smallest absolute Gasteiger partial charge is 0.253 e. The minimum Gasteiger partial charge on any atom is -0.387 e. The van der Waals surface area contributed by atoms with Crippen LogP contribution in [0.2, 0.25) is 0 Å². The minimum atomic E-state index is -0.0693. The number of amides is 1. The molecule has 2 aromatic rings.